The molecule has 3 nitrogen and oxygen atoms in total. The number of benzene rings is 1. The van der Waals surface area contributed by atoms with Crippen molar-refractivity contribution in [3.8, 4) is 0 Å². The molecule has 1 aliphatic heterocycles. The first-order valence-corrected chi connectivity index (χ1v) is 6.06. The van der Waals surface area contributed by atoms with Gasteiger partial charge in [-0.05, 0) is 31.0 Å². The standard InChI is InChI=1S/C13H17F2NO2/c14-9-3-4-12(15)11(6-9)13(16)8-17-7-10-2-1-5-18-10/h3-4,6,10,13H,1-2,5,7-8,16H2. The van der Waals surface area contributed by atoms with E-state index in [0.717, 1.165) is 37.6 Å². The van der Waals surface area contributed by atoms with Gasteiger partial charge in [-0.25, -0.2) is 8.78 Å². The van der Waals surface area contributed by atoms with Gasteiger partial charge >= 0.3 is 0 Å². The Balaban J connectivity index is 1.83. The predicted molar refractivity (Wildman–Crippen MR) is 63.1 cm³/mol. The summed E-state index contributed by atoms with van der Waals surface area (Å²) in [6, 6.07) is 2.58. The zero-order valence-electron chi connectivity index (χ0n) is 10.1. The van der Waals surface area contributed by atoms with Gasteiger partial charge in [-0.3, -0.25) is 0 Å². The maximum absolute atomic E-state index is 13.4. The van der Waals surface area contributed by atoms with Gasteiger partial charge in [0, 0.05) is 12.2 Å². The highest BCUT2D eigenvalue weighted by molar-refractivity contribution is 5.22. The van der Waals surface area contributed by atoms with Gasteiger partial charge in [0.2, 0.25) is 0 Å². The van der Waals surface area contributed by atoms with Crippen molar-refractivity contribution in [3.05, 3.63) is 35.4 Å². The Morgan fingerprint density at radius 3 is 3.00 bits per heavy atom. The topological polar surface area (TPSA) is 44.5 Å². The minimum Gasteiger partial charge on any atom is -0.377 e. The lowest BCUT2D eigenvalue weighted by Gasteiger charge is -2.15. The smallest absolute Gasteiger partial charge is 0.128 e. The van der Waals surface area contributed by atoms with Crippen LogP contribution in [0.1, 0.15) is 24.4 Å². The van der Waals surface area contributed by atoms with E-state index in [2.05, 4.69) is 0 Å². The second kappa shape index (κ2) is 6.22. The predicted octanol–water partition coefficient (Wildman–Crippen LogP) is 2.16. The van der Waals surface area contributed by atoms with Crippen LogP contribution in [-0.2, 0) is 9.47 Å². The highest BCUT2D eigenvalue weighted by atomic mass is 19.1. The van der Waals surface area contributed by atoms with Crippen LogP contribution in [0, 0.1) is 11.6 Å². The SMILES string of the molecule is NC(COCC1CCCO1)c1cc(F)ccc1F. The number of halogens is 2. The van der Waals surface area contributed by atoms with Crippen molar-refractivity contribution >= 4 is 0 Å². The Kier molecular flexibility index (Phi) is 4.63. The van der Waals surface area contributed by atoms with Crippen LogP contribution >= 0.6 is 0 Å². The van der Waals surface area contributed by atoms with Crippen molar-refractivity contribution in [3.63, 3.8) is 0 Å². The lowest BCUT2D eigenvalue weighted by molar-refractivity contribution is 0.0127. The highest BCUT2D eigenvalue weighted by Crippen LogP contribution is 2.18. The van der Waals surface area contributed by atoms with Crippen LogP contribution in [0.2, 0.25) is 0 Å². The van der Waals surface area contributed by atoms with E-state index < -0.39 is 17.7 Å². The number of hydrogen-bond acceptors (Lipinski definition) is 3. The maximum atomic E-state index is 13.4. The molecule has 5 heteroatoms. The zero-order chi connectivity index (χ0) is 13.0. The molecular weight excluding hydrogens is 240 g/mol. The average molecular weight is 257 g/mol. The molecule has 2 atom stereocenters. The minimum atomic E-state index is -0.665. The molecule has 1 aromatic rings. The van der Waals surface area contributed by atoms with E-state index >= 15 is 0 Å². The van der Waals surface area contributed by atoms with Gasteiger partial charge in [-0.1, -0.05) is 0 Å². The number of ether oxygens (including phenoxy) is 2. The largest absolute Gasteiger partial charge is 0.377 e. The molecule has 0 amide bonds. The van der Waals surface area contributed by atoms with Crippen molar-refractivity contribution in [1.29, 1.82) is 0 Å². The van der Waals surface area contributed by atoms with E-state index in [-0.39, 0.29) is 18.3 Å². The van der Waals surface area contributed by atoms with Gasteiger partial charge in [0.05, 0.1) is 25.4 Å². The van der Waals surface area contributed by atoms with Gasteiger partial charge in [-0.2, -0.15) is 0 Å². The Labute approximate surface area is 105 Å². The van der Waals surface area contributed by atoms with E-state index in [1.807, 2.05) is 0 Å². The third-order valence-electron chi connectivity index (χ3n) is 2.98. The second-order valence-corrected chi connectivity index (χ2v) is 4.44. The van der Waals surface area contributed by atoms with Gasteiger partial charge in [0.15, 0.2) is 0 Å². The van der Waals surface area contributed by atoms with Crippen molar-refractivity contribution in [2.75, 3.05) is 19.8 Å². The Bertz CT molecular complexity index is 395. The summed E-state index contributed by atoms with van der Waals surface area (Å²) in [4.78, 5) is 0. The fourth-order valence-electron chi connectivity index (χ4n) is 1.99. The molecule has 1 fully saturated rings. The van der Waals surface area contributed by atoms with E-state index in [0.29, 0.717) is 6.61 Å². The van der Waals surface area contributed by atoms with Crippen LogP contribution in [0.3, 0.4) is 0 Å². The lowest BCUT2D eigenvalue weighted by Crippen LogP contribution is -2.22. The average Bonchev–Trinajstić information content (AvgIpc) is 2.85. The number of hydrogen-bond donors (Lipinski definition) is 1. The molecule has 1 saturated heterocycles. The van der Waals surface area contributed by atoms with Crippen LogP contribution in [-0.4, -0.2) is 25.9 Å². The van der Waals surface area contributed by atoms with E-state index in [9.17, 15) is 8.78 Å². The second-order valence-electron chi connectivity index (χ2n) is 4.44. The summed E-state index contributed by atoms with van der Waals surface area (Å²) in [5, 5.41) is 0. The number of rotatable bonds is 5. The normalized spacial score (nSPS) is 21.2. The maximum Gasteiger partial charge on any atom is 0.128 e. The summed E-state index contributed by atoms with van der Waals surface area (Å²) in [6.45, 7) is 1.36. The van der Waals surface area contributed by atoms with E-state index in [1.165, 1.54) is 0 Å². The van der Waals surface area contributed by atoms with Crippen LogP contribution in [0.15, 0.2) is 18.2 Å². The summed E-state index contributed by atoms with van der Waals surface area (Å²) in [5.74, 6) is -1.01. The van der Waals surface area contributed by atoms with Crippen molar-refractivity contribution in [2.45, 2.75) is 25.0 Å². The molecule has 2 N–H and O–H groups in total. The van der Waals surface area contributed by atoms with E-state index in [4.69, 9.17) is 15.2 Å². The third kappa shape index (κ3) is 3.48. The lowest BCUT2D eigenvalue weighted by atomic mass is 10.1. The fourth-order valence-corrected chi connectivity index (χ4v) is 1.99. The van der Waals surface area contributed by atoms with Crippen molar-refractivity contribution in [1.82, 2.24) is 0 Å². The quantitative estimate of drug-likeness (QED) is 0.879. The molecule has 2 rings (SSSR count). The first-order chi connectivity index (χ1) is 8.66. The van der Waals surface area contributed by atoms with Crippen LogP contribution in [0.5, 0.6) is 0 Å². The summed E-state index contributed by atoms with van der Waals surface area (Å²) in [7, 11) is 0. The molecule has 0 bridgehead atoms. The first-order valence-electron chi connectivity index (χ1n) is 6.06. The Morgan fingerprint density at radius 1 is 1.44 bits per heavy atom. The summed E-state index contributed by atoms with van der Waals surface area (Å²) in [6.07, 6.45) is 2.12. The molecule has 2 unspecified atom stereocenters. The van der Waals surface area contributed by atoms with Gasteiger partial charge in [0.1, 0.15) is 11.6 Å². The minimum absolute atomic E-state index is 0.106. The van der Waals surface area contributed by atoms with Gasteiger partial charge < -0.3 is 15.2 Å². The fraction of sp³-hybridized carbons (Fsp3) is 0.538. The van der Waals surface area contributed by atoms with Gasteiger partial charge in [0.25, 0.3) is 0 Å². The van der Waals surface area contributed by atoms with Crippen molar-refractivity contribution in [2.24, 2.45) is 5.73 Å². The van der Waals surface area contributed by atoms with Gasteiger partial charge in [-0.15, -0.1) is 0 Å². The Morgan fingerprint density at radius 2 is 2.28 bits per heavy atom. The zero-order valence-corrected chi connectivity index (χ0v) is 10.1. The molecule has 100 valence electrons. The molecular formula is C13H17F2NO2. The van der Waals surface area contributed by atoms with E-state index in [1.54, 1.807) is 0 Å². The highest BCUT2D eigenvalue weighted by Gasteiger charge is 2.17. The summed E-state index contributed by atoms with van der Waals surface area (Å²) in [5.41, 5.74) is 5.92. The molecule has 1 aromatic carbocycles. The molecule has 18 heavy (non-hydrogen) atoms. The first kappa shape index (κ1) is 13.4. The number of nitrogens with two attached hydrogens (primary N) is 1. The van der Waals surface area contributed by atoms with Crippen LogP contribution < -0.4 is 5.73 Å². The molecule has 0 radical (unpaired) electrons. The summed E-state index contributed by atoms with van der Waals surface area (Å²) < 4.78 is 37.2. The van der Waals surface area contributed by atoms with Crippen molar-refractivity contribution < 1.29 is 18.3 Å². The molecule has 0 saturated carbocycles. The molecule has 1 heterocycles. The molecule has 0 aromatic heterocycles. The van der Waals surface area contributed by atoms with Crippen LogP contribution in [0.25, 0.3) is 0 Å². The monoisotopic (exact) mass is 257 g/mol. The van der Waals surface area contributed by atoms with Crippen LogP contribution in [0.4, 0.5) is 8.78 Å². The molecule has 0 spiro atoms. The Hall–Kier alpha value is -1.04. The molecule has 1 aliphatic rings. The third-order valence-corrected chi connectivity index (χ3v) is 2.98. The summed E-state index contributed by atoms with van der Waals surface area (Å²) >= 11 is 0. The molecule has 0 aliphatic carbocycles.